The van der Waals surface area contributed by atoms with E-state index in [1.54, 1.807) is 0 Å². The summed E-state index contributed by atoms with van der Waals surface area (Å²) in [6, 6.07) is 2.43. The highest BCUT2D eigenvalue weighted by Gasteiger charge is 2.22. The maximum atomic E-state index is 11.5. The lowest BCUT2D eigenvalue weighted by Crippen LogP contribution is -2.21. The zero-order valence-electron chi connectivity index (χ0n) is 9.15. The van der Waals surface area contributed by atoms with Crippen LogP contribution in [-0.2, 0) is 10.0 Å². The molecule has 3 N–H and O–H groups in total. The van der Waals surface area contributed by atoms with E-state index in [1.165, 1.54) is 20.2 Å². The fourth-order valence-electron chi connectivity index (χ4n) is 1.29. The van der Waals surface area contributed by atoms with E-state index in [0.717, 1.165) is 6.07 Å². The van der Waals surface area contributed by atoms with Crippen molar-refractivity contribution in [1.29, 1.82) is 0 Å². The van der Waals surface area contributed by atoms with Crippen molar-refractivity contribution < 1.29 is 17.9 Å². The Morgan fingerprint density at radius 1 is 1.47 bits per heavy atom. The number of methoxy groups -OCH3 is 1. The Labute approximate surface area is 104 Å². The first-order valence-corrected chi connectivity index (χ1v) is 6.36. The van der Waals surface area contributed by atoms with Crippen LogP contribution < -0.4 is 15.2 Å². The third-order valence-electron chi connectivity index (χ3n) is 2.00. The van der Waals surface area contributed by atoms with Crippen LogP contribution in [0.1, 0.15) is 10.4 Å². The van der Waals surface area contributed by atoms with Gasteiger partial charge in [0.25, 0.3) is 5.91 Å². The van der Waals surface area contributed by atoms with Gasteiger partial charge >= 0.3 is 0 Å². The predicted molar refractivity (Wildman–Crippen MR) is 62.8 cm³/mol. The maximum absolute atomic E-state index is 11.5. The van der Waals surface area contributed by atoms with Gasteiger partial charge in [0.1, 0.15) is 4.90 Å². The molecule has 0 saturated heterocycles. The van der Waals surface area contributed by atoms with Crippen molar-refractivity contribution in [2.45, 2.75) is 4.90 Å². The molecule has 0 unspecified atom stereocenters. The van der Waals surface area contributed by atoms with Gasteiger partial charge in [-0.15, -0.1) is 0 Å². The lowest BCUT2D eigenvalue weighted by atomic mass is 10.2. The third-order valence-corrected chi connectivity index (χ3v) is 3.14. The molecule has 0 heterocycles. The fourth-order valence-corrected chi connectivity index (χ4v) is 2.32. The summed E-state index contributed by atoms with van der Waals surface area (Å²) in [7, 11) is -1.38. The second-order valence-electron chi connectivity index (χ2n) is 3.11. The van der Waals surface area contributed by atoms with Crippen LogP contribution in [0.15, 0.2) is 17.0 Å². The maximum Gasteiger partial charge on any atom is 0.254 e. The van der Waals surface area contributed by atoms with Crippen LogP contribution >= 0.6 is 11.6 Å². The molecule has 1 aromatic carbocycles. The van der Waals surface area contributed by atoms with Crippen LogP contribution in [0.4, 0.5) is 0 Å². The van der Waals surface area contributed by atoms with E-state index in [4.69, 9.17) is 21.5 Å². The van der Waals surface area contributed by atoms with Crippen molar-refractivity contribution in [2.75, 3.05) is 14.2 Å². The van der Waals surface area contributed by atoms with Crippen molar-refractivity contribution >= 4 is 27.5 Å². The molecular formula is C9H11ClN2O4S. The minimum atomic E-state index is -4.02. The van der Waals surface area contributed by atoms with Crippen molar-refractivity contribution in [2.24, 2.45) is 5.14 Å². The molecule has 0 atom stereocenters. The van der Waals surface area contributed by atoms with E-state index in [0.29, 0.717) is 0 Å². The molecule has 0 aliphatic carbocycles. The van der Waals surface area contributed by atoms with E-state index in [2.05, 4.69) is 5.32 Å². The van der Waals surface area contributed by atoms with E-state index in [-0.39, 0.29) is 21.2 Å². The van der Waals surface area contributed by atoms with Crippen LogP contribution in [0.5, 0.6) is 5.75 Å². The van der Waals surface area contributed by atoms with Crippen molar-refractivity contribution in [3.63, 3.8) is 0 Å². The predicted octanol–water partition coefficient (Wildman–Crippen LogP) is 0.356. The number of benzene rings is 1. The highest BCUT2D eigenvalue weighted by Crippen LogP contribution is 2.30. The van der Waals surface area contributed by atoms with Gasteiger partial charge in [0, 0.05) is 12.1 Å². The average Bonchev–Trinajstić information content (AvgIpc) is 2.25. The molecule has 0 spiro atoms. The molecule has 0 fully saturated rings. The number of hydrogen-bond acceptors (Lipinski definition) is 4. The van der Waals surface area contributed by atoms with Gasteiger partial charge in [0.05, 0.1) is 12.7 Å². The van der Waals surface area contributed by atoms with Gasteiger partial charge in [-0.05, 0) is 12.1 Å². The zero-order valence-corrected chi connectivity index (χ0v) is 10.7. The molecule has 0 aliphatic heterocycles. The summed E-state index contributed by atoms with van der Waals surface area (Å²) in [5.74, 6) is -0.648. The SMILES string of the molecule is CNC(=O)c1cc(Cl)cc(S(N)(=O)=O)c1OC. The molecule has 1 amide bonds. The number of primary sulfonamides is 1. The van der Waals surface area contributed by atoms with Crippen LogP contribution in [0.2, 0.25) is 5.02 Å². The molecular weight excluding hydrogens is 268 g/mol. The Morgan fingerprint density at radius 3 is 2.47 bits per heavy atom. The molecule has 0 bridgehead atoms. The highest BCUT2D eigenvalue weighted by molar-refractivity contribution is 7.89. The van der Waals surface area contributed by atoms with Crippen molar-refractivity contribution in [3.05, 3.63) is 22.7 Å². The second kappa shape index (κ2) is 4.91. The monoisotopic (exact) mass is 278 g/mol. The molecule has 0 aliphatic rings. The Hall–Kier alpha value is -1.31. The van der Waals surface area contributed by atoms with Crippen LogP contribution in [0, 0.1) is 0 Å². The molecule has 0 saturated carbocycles. The number of nitrogens with two attached hydrogens (primary N) is 1. The fraction of sp³-hybridized carbons (Fsp3) is 0.222. The van der Waals surface area contributed by atoms with Gasteiger partial charge in [0.15, 0.2) is 5.75 Å². The number of rotatable bonds is 3. The van der Waals surface area contributed by atoms with E-state index >= 15 is 0 Å². The number of halogens is 1. The largest absolute Gasteiger partial charge is 0.494 e. The molecule has 1 aromatic rings. The summed E-state index contributed by atoms with van der Waals surface area (Å²) in [6.07, 6.45) is 0. The molecule has 6 nitrogen and oxygen atoms in total. The lowest BCUT2D eigenvalue weighted by Gasteiger charge is -2.12. The van der Waals surface area contributed by atoms with Crippen molar-refractivity contribution in [1.82, 2.24) is 5.32 Å². The van der Waals surface area contributed by atoms with E-state index < -0.39 is 15.9 Å². The zero-order chi connectivity index (χ0) is 13.2. The van der Waals surface area contributed by atoms with Crippen molar-refractivity contribution in [3.8, 4) is 5.75 Å². The summed E-state index contributed by atoms with van der Waals surface area (Å²) in [5.41, 5.74) is 0.00604. The topological polar surface area (TPSA) is 98.5 Å². The summed E-state index contributed by atoms with van der Waals surface area (Å²) in [5, 5.41) is 7.44. The normalized spacial score (nSPS) is 11.1. The van der Waals surface area contributed by atoms with Gasteiger partial charge in [0.2, 0.25) is 10.0 Å². The van der Waals surface area contributed by atoms with Crippen LogP contribution in [-0.4, -0.2) is 28.5 Å². The minimum absolute atomic E-state index is 0.00604. The number of nitrogens with one attached hydrogen (secondary N) is 1. The van der Waals surface area contributed by atoms with Crippen LogP contribution in [0.3, 0.4) is 0 Å². The van der Waals surface area contributed by atoms with Gasteiger partial charge in [-0.1, -0.05) is 11.6 Å². The van der Waals surface area contributed by atoms with Gasteiger partial charge in [-0.3, -0.25) is 4.79 Å². The first-order valence-electron chi connectivity index (χ1n) is 4.43. The third kappa shape index (κ3) is 2.87. The summed E-state index contributed by atoms with van der Waals surface area (Å²) >= 11 is 5.73. The first kappa shape index (κ1) is 13.8. The summed E-state index contributed by atoms with van der Waals surface area (Å²) in [6.45, 7) is 0. The van der Waals surface area contributed by atoms with E-state index in [9.17, 15) is 13.2 Å². The standard InChI is InChI=1S/C9H11ClN2O4S/c1-12-9(13)6-3-5(10)4-7(8(6)16-2)17(11,14)15/h3-4H,1-2H3,(H,12,13)(H2,11,14,15). The average molecular weight is 279 g/mol. The number of ether oxygens (including phenoxy) is 1. The molecule has 94 valence electrons. The molecule has 8 heteroatoms. The quantitative estimate of drug-likeness (QED) is 0.834. The summed E-state index contributed by atoms with van der Waals surface area (Å²) < 4.78 is 27.6. The smallest absolute Gasteiger partial charge is 0.254 e. The number of sulfonamides is 1. The Morgan fingerprint density at radius 2 is 2.06 bits per heavy atom. The van der Waals surface area contributed by atoms with Gasteiger partial charge < -0.3 is 10.1 Å². The van der Waals surface area contributed by atoms with E-state index in [1.807, 2.05) is 0 Å². The Kier molecular flexibility index (Phi) is 3.97. The highest BCUT2D eigenvalue weighted by atomic mass is 35.5. The Bertz CT molecular complexity index is 556. The minimum Gasteiger partial charge on any atom is -0.494 e. The molecule has 17 heavy (non-hydrogen) atoms. The van der Waals surface area contributed by atoms with Crippen LogP contribution in [0.25, 0.3) is 0 Å². The number of carbonyl (C=O) groups excluding carboxylic acids is 1. The lowest BCUT2D eigenvalue weighted by molar-refractivity contribution is 0.0959. The molecule has 0 aromatic heterocycles. The second-order valence-corrected chi connectivity index (χ2v) is 5.08. The molecule has 0 radical (unpaired) electrons. The number of amides is 1. The molecule has 1 rings (SSSR count). The first-order chi connectivity index (χ1) is 7.81. The Balaban J connectivity index is 3.63. The van der Waals surface area contributed by atoms with Gasteiger partial charge in [-0.2, -0.15) is 0 Å². The number of hydrogen-bond donors (Lipinski definition) is 2. The number of carbonyl (C=O) groups is 1. The van der Waals surface area contributed by atoms with Gasteiger partial charge in [-0.25, -0.2) is 13.6 Å². The summed E-state index contributed by atoms with van der Waals surface area (Å²) in [4.78, 5) is 11.2.